The lowest BCUT2D eigenvalue weighted by atomic mass is 9.75. The zero-order valence-corrected chi connectivity index (χ0v) is 16.1. The highest BCUT2D eigenvalue weighted by molar-refractivity contribution is 5.33. The van der Waals surface area contributed by atoms with E-state index >= 15 is 0 Å². The summed E-state index contributed by atoms with van der Waals surface area (Å²) in [6.07, 6.45) is 4.98. The Morgan fingerprint density at radius 1 is 1.00 bits per heavy atom. The summed E-state index contributed by atoms with van der Waals surface area (Å²) in [7, 11) is 3.05. The van der Waals surface area contributed by atoms with Crippen LogP contribution in [0.3, 0.4) is 0 Å². The van der Waals surface area contributed by atoms with Crippen molar-refractivity contribution in [1.82, 2.24) is 15.0 Å². The maximum absolute atomic E-state index is 10.1. The lowest BCUT2D eigenvalue weighted by Gasteiger charge is -2.41. The van der Waals surface area contributed by atoms with Gasteiger partial charge in [-0.05, 0) is 43.1 Å². The van der Waals surface area contributed by atoms with Crippen molar-refractivity contribution in [2.75, 3.05) is 38.8 Å². The molecule has 0 saturated carbocycles. The first-order valence-corrected chi connectivity index (χ1v) is 9.42. The number of anilines is 1. The number of benzene rings is 1. The topological polar surface area (TPSA) is 80.6 Å². The van der Waals surface area contributed by atoms with Gasteiger partial charge in [0.1, 0.15) is 0 Å². The molecule has 0 amide bonds. The predicted octanol–water partition coefficient (Wildman–Crippen LogP) is 2.49. The van der Waals surface area contributed by atoms with Crippen molar-refractivity contribution in [2.45, 2.75) is 32.1 Å². The number of methoxy groups -OCH3 is 2. The number of ether oxygens (including phenoxy) is 2. The SMILES string of the molecule is COc1nc(OC)nc(N2CCC(CO)(CCCc3ccccc3)CC2)n1. The maximum atomic E-state index is 10.1. The van der Waals surface area contributed by atoms with Crippen LogP contribution in [0.2, 0.25) is 0 Å². The van der Waals surface area contributed by atoms with Crippen molar-refractivity contribution in [1.29, 1.82) is 0 Å². The van der Waals surface area contributed by atoms with Crippen molar-refractivity contribution in [2.24, 2.45) is 5.41 Å². The molecule has 146 valence electrons. The van der Waals surface area contributed by atoms with E-state index in [1.54, 1.807) is 0 Å². The van der Waals surface area contributed by atoms with Gasteiger partial charge >= 0.3 is 12.0 Å². The second kappa shape index (κ2) is 8.99. The third-order valence-electron chi connectivity index (χ3n) is 5.41. The van der Waals surface area contributed by atoms with Gasteiger partial charge < -0.3 is 19.5 Å². The molecular weight excluding hydrogens is 344 g/mol. The van der Waals surface area contributed by atoms with Gasteiger partial charge in [-0.1, -0.05) is 30.3 Å². The van der Waals surface area contributed by atoms with Crippen LogP contribution in [0.25, 0.3) is 0 Å². The molecule has 1 N–H and O–H groups in total. The summed E-state index contributed by atoms with van der Waals surface area (Å²) in [6.45, 7) is 1.81. The smallest absolute Gasteiger partial charge is 0.324 e. The number of hydrogen-bond acceptors (Lipinski definition) is 7. The zero-order valence-electron chi connectivity index (χ0n) is 16.1. The Hall–Kier alpha value is -2.41. The number of rotatable bonds is 8. The monoisotopic (exact) mass is 372 g/mol. The molecule has 1 aromatic carbocycles. The minimum absolute atomic E-state index is 0.0213. The van der Waals surface area contributed by atoms with Crippen LogP contribution in [0.1, 0.15) is 31.2 Å². The fourth-order valence-electron chi connectivity index (χ4n) is 3.63. The molecule has 3 rings (SSSR count). The molecule has 1 aliphatic rings. The third-order valence-corrected chi connectivity index (χ3v) is 5.41. The fourth-order valence-corrected chi connectivity index (χ4v) is 3.63. The molecule has 0 radical (unpaired) electrons. The number of aliphatic hydroxyl groups is 1. The van der Waals surface area contributed by atoms with E-state index in [1.807, 2.05) is 6.07 Å². The van der Waals surface area contributed by atoms with Crippen LogP contribution in [0, 0.1) is 5.41 Å². The van der Waals surface area contributed by atoms with Crippen molar-refractivity contribution in [3.8, 4) is 12.0 Å². The molecule has 1 aromatic heterocycles. The predicted molar refractivity (Wildman–Crippen MR) is 103 cm³/mol. The summed E-state index contributed by atoms with van der Waals surface area (Å²) in [4.78, 5) is 14.8. The molecule has 1 fully saturated rings. The van der Waals surface area contributed by atoms with Gasteiger partial charge in [-0.2, -0.15) is 9.97 Å². The molecule has 0 spiro atoms. The molecule has 1 saturated heterocycles. The van der Waals surface area contributed by atoms with Gasteiger partial charge in [-0.3, -0.25) is 0 Å². The van der Waals surface area contributed by atoms with Gasteiger partial charge in [0.25, 0.3) is 0 Å². The van der Waals surface area contributed by atoms with E-state index in [0.29, 0.717) is 5.95 Å². The molecule has 2 heterocycles. The Morgan fingerprint density at radius 2 is 1.63 bits per heavy atom. The second-order valence-corrected chi connectivity index (χ2v) is 7.09. The van der Waals surface area contributed by atoms with Crippen molar-refractivity contribution < 1.29 is 14.6 Å². The number of aryl methyl sites for hydroxylation is 1. The number of nitrogens with zero attached hydrogens (tertiary/aromatic N) is 4. The number of piperidine rings is 1. The van der Waals surface area contributed by atoms with Crippen molar-refractivity contribution in [3.63, 3.8) is 0 Å². The Bertz CT molecular complexity index is 696. The highest BCUT2D eigenvalue weighted by atomic mass is 16.5. The lowest BCUT2D eigenvalue weighted by Crippen LogP contribution is -2.43. The average molecular weight is 372 g/mol. The van der Waals surface area contributed by atoms with Crippen LogP contribution in [-0.4, -0.2) is 54.0 Å². The lowest BCUT2D eigenvalue weighted by molar-refractivity contribution is 0.0846. The van der Waals surface area contributed by atoms with E-state index in [-0.39, 0.29) is 24.0 Å². The van der Waals surface area contributed by atoms with Gasteiger partial charge in [0.2, 0.25) is 5.95 Å². The van der Waals surface area contributed by atoms with Crippen LogP contribution in [0.15, 0.2) is 30.3 Å². The zero-order chi connectivity index (χ0) is 19.1. The molecule has 0 bridgehead atoms. The largest absolute Gasteiger partial charge is 0.467 e. The molecule has 27 heavy (non-hydrogen) atoms. The minimum Gasteiger partial charge on any atom is -0.467 e. The van der Waals surface area contributed by atoms with E-state index in [2.05, 4.69) is 44.1 Å². The fraction of sp³-hybridized carbons (Fsp3) is 0.550. The number of aliphatic hydroxyl groups excluding tert-OH is 1. The Morgan fingerprint density at radius 3 is 2.19 bits per heavy atom. The van der Waals surface area contributed by atoms with Crippen LogP contribution in [-0.2, 0) is 6.42 Å². The molecular formula is C20H28N4O3. The summed E-state index contributed by atoms with van der Waals surface area (Å²) in [6, 6.07) is 11.0. The van der Waals surface area contributed by atoms with Crippen molar-refractivity contribution in [3.05, 3.63) is 35.9 Å². The molecule has 0 aliphatic carbocycles. The molecule has 7 heteroatoms. The summed E-state index contributed by atoms with van der Waals surface area (Å²) in [5, 5.41) is 10.1. The second-order valence-electron chi connectivity index (χ2n) is 7.09. The van der Waals surface area contributed by atoms with E-state index in [1.165, 1.54) is 19.8 Å². The van der Waals surface area contributed by atoms with E-state index < -0.39 is 0 Å². The quantitative estimate of drug-likeness (QED) is 0.762. The molecule has 1 aliphatic heterocycles. The van der Waals surface area contributed by atoms with Gasteiger partial charge in [0, 0.05) is 19.7 Å². The third kappa shape index (κ3) is 4.86. The number of aromatic nitrogens is 3. The Balaban J connectivity index is 1.59. The first-order chi connectivity index (χ1) is 13.2. The summed E-state index contributed by atoms with van der Waals surface area (Å²) in [5.74, 6) is 0.564. The Kier molecular flexibility index (Phi) is 6.45. The molecule has 2 aromatic rings. The molecule has 7 nitrogen and oxygen atoms in total. The normalized spacial score (nSPS) is 16.2. The first kappa shape index (κ1) is 19.4. The minimum atomic E-state index is -0.0213. The van der Waals surface area contributed by atoms with Crippen LogP contribution < -0.4 is 14.4 Å². The summed E-state index contributed by atoms with van der Waals surface area (Å²) >= 11 is 0. The number of hydrogen-bond donors (Lipinski definition) is 1. The van der Waals surface area contributed by atoms with E-state index in [9.17, 15) is 5.11 Å². The van der Waals surface area contributed by atoms with Crippen LogP contribution >= 0.6 is 0 Å². The molecule has 0 unspecified atom stereocenters. The standard InChI is InChI=1S/C20H28N4O3/c1-26-18-21-17(22-19(23-18)27-2)24-13-11-20(15-25,12-14-24)10-6-9-16-7-4-3-5-8-16/h3-5,7-8,25H,6,9-15H2,1-2H3. The Labute approximate surface area is 160 Å². The van der Waals surface area contributed by atoms with E-state index in [4.69, 9.17) is 9.47 Å². The average Bonchev–Trinajstić information content (AvgIpc) is 2.74. The van der Waals surface area contributed by atoms with Gasteiger partial charge in [0.15, 0.2) is 0 Å². The van der Waals surface area contributed by atoms with Gasteiger partial charge in [-0.25, -0.2) is 0 Å². The van der Waals surface area contributed by atoms with Gasteiger partial charge in [0.05, 0.1) is 14.2 Å². The van der Waals surface area contributed by atoms with E-state index in [0.717, 1.165) is 45.2 Å². The summed E-state index contributed by atoms with van der Waals surface area (Å²) < 4.78 is 10.3. The van der Waals surface area contributed by atoms with Crippen LogP contribution in [0.5, 0.6) is 12.0 Å². The first-order valence-electron chi connectivity index (χ1n) is 9.42. The van der Waals surface area contributed by atoms with Crippen molar-refractivity contribution >= 4 is 5.95 Å². The highest BCUT2D eigenvalue weighted by Crippen LogP contribution is 2.37. The maximum Gasteiger partial charge on any atom is 0.324 e. The molecule has 0 atom stereocenters. The van der Waals surface area contributed by atoms with Crippen LogP contribution in [0.4, 0.5) is 5.95 Å². The highest BCUT2D eigenvalue weighted by Gasteiger charge is 2.34. The summed E-state index contributed by atoms with van der Waals surface area (Å²) in [5.41, 5.74) is 1.33. The van der Waals surface area contributed by atoms with Gasteiger partial charge in [-0.15, -0.1) is 4.98 Å².